The highest BCUT2D eigenvalue weighted by Gasteiger charge is 2.47. The first-order valence-corrected chi connectivity index (χ1v) is 14.2. The molecule has 9 heteroatoms. The van der Waals surface area contributed by atoms with E-state index < -0.39 is 12.0 Å². The second-order valence-corrected chi connectivity index (χ2v) is 11.1. The summed E-state index contributed by atoms with van der Waals surface area (Å²) in [4.78, 5) is 26.3. The van der Waals surface area contributed by atoms with Crippen LogP contribution in [0.2, 0.25) is 0 Å². The van der Waals surface area contributed by atoms with E-state index in [0.717, 1.165) is 61.2 Å². The smallest absolute Gasteiger partial charge is 0.350 e. The van der Waals surface area contributed by atoms with E-state index in [9.17, 15) is 9.59 Å². The number of nitrogens with zero attached hydrogens (tertiary/aromatic N) is 1. The first-order chi connectivity index (χ1) is 18.6. The Morgan fingerprint density at radius 2 is 1.72 bits per heavy atom. The predicted molar refractivity (Wildman–Crippen MR) is 147 cm³/mol. The maximum atomic E-state index is 13.7. The molecule has 0 amide bonds. The fourth-order valence-corrected chi connectivity index (χ4v) is 6.52. The van der Waals surface area contributed by atoms with Gasteiger partial charge in [-0.3, -0.25) is 0 Å². The first kappa shape index (κ1) is 29.1. The summed E-state index contributed by atoms with van der Waals surface area (Å²) in [7, 11) is 1.36. The van der Waals surface area contributed by atoms with E-state index in [4.69, 9.17) is 14.2 Å². The fraction of sp³-hybridized carbons (Fsp3) is 0.400. The standard InChI is InChI=1S/C30H34N2O5S.BrH/c1-35-30(34)28-25(15-20-38-28)31-27(23-9-4-2-5-10-23)29(33)37-26-21-32(17-13-22(26)14-18-32)16-8-19-36-24-11-6-3-7-12-24;/h2-7,9-12,15,20,22,26-27H,8,13-14,16-19,21H2,1H3;1H/t22?,26-,27?,32?;/m0./s1. The zero-order valence-electron chi connectivity index (χ0n) is 22.1. The van der Waals surface area contributed by atoms with Crippen LogP contribution in [0.5, 0.6) is 5.75 Å². The average Bonchev–Trinajstić information content (AvgIpc) is 3.43. The van der Waals surface area contributed by atoms with Gasteiger partial charge < -0.3 is 41.0 Å². The quantitative estimate of drug-likeness (QED) is 0.203. The molecule has 2 aromatic carbocycles. The topological polar surface area (TPSA) is 73.9 Å². The molecule has 6 rings (SSSR count). The zero-order valence-corrected chi connectivity index (χ0v) is 24.5. The molecule has 1 N–H and O–H groups in total. The number of carbonyl (C=O) groups is 2. The van der Waals surface area contributed by atoms with Gasteiger partial charge in [0, 0.05) is 25.2 Å². The number of rotatable bonds is 11. The van der Waals surface area contributed by atoms with Crippen molar-refractivity contribution < 1.29 is 45.3 Å². The van der Waals surface area contributed by atoms with E-state index in [1.165, 1.54) is 18.4 Å². The van der Waals surface area contributed by atoms with Crippen LogP contribution in [-0.2, 0) is 14.3 Å². The molecule has 3 saturated heterocycles. The van der Waals surface area contributed by atoms with Crippen molar-refractivity contribution in [2.24, 2.45) is 5.92 Å². The molecular weight excluding hydrogens is 580 g/mol. The van der Waals surface area contributed by atoms with Gasteiger partial charge in [-0.05, 0) is 29.1 Å². The van der Waals surface area contributed by atoms with E-state index >= 15 is 0 Å². The summed E-state index contributed by atoms with van der Waals surface area (Å²) >= 11 is 1.28. The summed E-state index contributed by atoms with van der Waals surface area (Å²) in [6, 6.07) is 20.5. The number of piperidine rings is 3. The number of fused-ring (bicyclic) bond motifs is 3. The molecule has 1 unspecified atom stereocenters. The fourth-order valence-electron chi connectivity index (χ4n) is 5.75. The van der Waals surface area contributed by atoms with Gasteiger partial charge in [0.1, 0.15) is 17.2 Å². The van der Waals surface area contributed by atoms with Crippen molar-refractivity contribution in [3.8, 4) is 5.75 Å². The number of para-hydroxylation sites is 1. The second kappa shape index (κ2) is 13.5. The van der Waals surface area contributed by atoms with Crippen LogP contribution >= 0.6 is 11.3 Å². The lowest BCUT2D eigenvalue weighted by Gasteiger charge is -2.52. The van der Waals surface area contributed by atoms with Crippen molar-refractivity contribution in [2.45, 2.75) is 31.4 Å². The number of esters is 2. The van der Waals surface area contributed by atoms with Crippen molar-refractivity contribution in [2.75, 3.05) is 45.2 Å². The Morgan fingerprint density at radius 1 is 1.03 bits per heavy atom. The minimum absolute atomic E-state index is 0. The summed E-state index contributed by atoms with van der Waals surface area (Å²) in [5.41, 5.74) is 1.37. The highest BCUT2D eigenvalue weighted by atomic mass is 79.9. The molecule has 0 radical (unpaired) electrons. The van der Waals surface area contributed by atoms with Crippen LogP contribution in [0.4, 0.5) is 5.69 Å². The van der Waals surface area contributed by atoms with Crippen LogP contribution in [0.25, 0.3) is 0 Å². The normalized spacial score (nSPS) is 22.3. The van der Waals surface area contributed by atoms with Crippen molar-refractivity contribution in [3.63, 3.8) is 0 Å². The molecular formula is C30H35BrN2O5S. The van der Waals surface area contributed by atoms with E-state index in [1.807, 2.05) is 66.0 Å². The monoisotopic (exact) mass is 614 g/mol. The Labute approximate surface area is 244 Å². The van der Waals surface area contributed by atoms with Gasteiger partial charge in [-0.25, -0.2) is 9.59 Å². The highest BCUT2D eigenvalue weighted by Crippen LogP contribution is 2.37. The van der Waals surface area contributed by atoms with Crippen molar-refractivity contribution in [3.05, 3.63) is 82.6 Å². The molecule has 3 aliphatic heterocycles. The molecule has 39 heavy (non-hydrogen) atoms. The minimum Gasteiger partial charge on any atom is -1.00 e. The largest absolute Gasteiger partial charge is 1.00 e. The lowest BCUT2D eigenvalue weighted by atomic mass is 9.83. The number of ether oxygens (including phenoxy) is 3. The SMILES string of the molecule is COC(=O)c1sccc1NC(C(=O)O[C@H]1C[N+]2(CCCOc3ccccc3)CCC1CC2)c1ccccc1.[Br-]. The summed E-state index contributed by atoms with van der Waals surface area (Å²) in [6.45, 7) is 4.80. The van der Waals surface area contributed by atoms with Crippen molar-refractivity contribution >= 4 is 29.0 Å². The third-order valence-corrected chi connectivity index (χ3v) is 8.70. The Morgan fingerprint density at radius 3 is 2.41 bits per heavy atom. The molecule has 0 aliphatic carbocycles. The van der Waals surface area contributed by atoms with Gasteiger partial charge in [-0.1, -0.05) is 48.5 Å². The van der Waals surface area contributed by atoms with Gasteiger partial charge in [-0.2, -0.15) is 0 Å². The van der Waals surface area contributed by atoms with Gasteiger partial charge in [-0.15, -0.1) is 11.3 Å². The Bertz CT molecular complexity index is 1210. The molecule has 3 aromatic rings. The number of anilines is 1. The maximum absolute atomic E-state index is 13.7. The molecule has 0 saturated carbocycles. The number of hydrogen-bond acceptors (Lipinski definition) is 7. The number of nitrogens with one attached hydrogen (secondary N) is 1. The van der Waals surface area contributed by atoms with Crippen LogP contribution in [0.15, 0.2) is 72.1 Å². The van der Waals surface area contributed by atoms with Crippen LogP contribution in [0.1, 0.15) is 40.5 Å². The van der Waals surface area contributed by atoms with Crippen LogP contribution in [0.3, 0.4) is 0 Å². The number of carbonyl (C=O) groups excluding carboxylic acids is 2. The lowest BCUT2D eigenvalue weighted by molar-refractivity contribution is -0.946. The van der Waals surface area contributed by atoms with E-state index in [2.05, 4.69) is 5.32 Å². The molecule has 3 aliphatic rings. The maximum Gasteiger partial charge on any atom is 0.350 e. The summed E-state index contributed by atoms with van der Waals surface area (Å²) in [6.07, 6.45) is 2.98. The zero-order chi connectivity index (χ0) is 26.4. The van der Waals surface area contributed by atoms with E-state index in [0.29, 0.717) is 23.1 Å². The van der Waals surface area contributed by atoms with Gasteiger partial charge in [0.15, 0.2) is 12.1 Å². The number of hydrogen-bond donors (Lipinski definition) is 1. The van der Waals surface area contributed by atoms with Crippen LogP contribution in [-0.4, -0.2) is 62.4 Å². The number of methoxy groups -OCH3 is 1. The van der Waals surface area contributed by atoms with Gasteiger partial charge in [0.25, 0.3) is 0 Å². The molecule has 3 fully saturated rings. The molecule has 1 aromatic heterocycles. The third kappa shape index (κ3) is 7.01. The lowest BCUT2D eigenvalue weighted by Crippen LogP contribution is -3.00. The van der Waals surface area contributed by atoms with Gasteiger partial charge >= 0.3 is 11.9 Å². The average molecular weight is 616 g/mol. The van der Waals surface area contributed by atoms with Crippen LogP contribution in [0, 0.1) is 5.92 Å². The molecule has 0 spiro atoms. The molecule has 7 nitrogen and oxygen atoms in total. The van der Waals surface area contributed by atoms with Crippen molar-refractivity contribution in [1.29, 1.82) is 0 Å². The Hall–Kier alpha value is -2.88. The summed E-state index contributed by atoms with van der Waals surface area (Å²) in [5.74, 6) is 0.546. The molecule has 2 bridgehead atoms. The second-order valence-electron chi connectivity index (χ2n) is 10.2. The van der Waals surface area contributed by atoms with Gasteiger partial charge in [0.05, 0.1) is 39.0 Å². The van der Waals surface area contributed by atoms with E-state index in [-0.39, 0.29) is 29.1 Å². The molecule has 4 heterocycles. The summed E-state index contributed by atoms with van der Waals surface area (Å²) < 4.78 is 18.1. The number of quaternary nitrogens is 1. The van der Waals surface area contributed by atoms with Crippen LogP contribution < -0.4 is 27.0 Å². The van der Waals surface area contributed by atoms with Gasteiger partial charge in [0.2, 0.25) is 0 Å². The first-order valence-electron chi connectivity index (χ1n) is 13.3. The minimum atomic E-state index is -0.725. The van der Waals surface area contributed by atoms with E-state index in [1.54, 1.807) is 6.07 Å². The predicted octanol–water partition coefficient (Wildman–Crippen LogP) is 2.31. The summed E-state index contributed by atoms with van der Waals surface area (Å²) in [5, 5.41) is 5.08. The third-order valence-electron chi connectivity index (χ3n) is 7.80. The highest BCUT2D eigenvalue weighted by molar-refractivity contribution is 7.12. The molecule has 2 atom stereocenters. The Balaban J connectivity index is 0.00000353. The number of halogens is 1. The Kier molecular flexibility index (Phi) is 10.0. The molecule has 208 valence electrons. The number of benzene rings is 2. The number of thiophene rings is 1. The van der Waals surface area contributed by atoms with Crippen molar-refractivity contribution in [1.82, 2.24) is 0 Å².